The van der Waals surface area contributed by atoms with E-state index in [2.05, 4.69) is 9.13 Å². The van der Waals surface area contributed by atoms with Gasteiger partial charge in [-0.25, -0.2) is 0 Å². The van der Waals surface area contributed by atoms with E-state index in [1.165, 1.54) is 24.3 Å². The number of hydrogen-bond acceptors (Lipinski definition) is 0. The third-order valence-electron chi connectivity index (χ3n) is 14.4. The van der Waals surface area contributed by atoms with Gasteiger partial charge in [0, 0.05) is 54.5 Å². The van der Waals surface area contributed by atoms with Crippen molar-refractivity contribution in [2.24, 2.45) is 0 Å². The molecule has 0 fully saturated rings. The van der Waals surface area contributed by atoms with Crippen LogP contribution in [0.1, 0.15) is 11.1 Å². The van der Waals surface area contributed by atoms with E-state index >= 15 is 13.2 Å². The molecule has 4 heterocycles. The van der Waals surface area contributed by atoms with E-state index < -0.39 is 23.5 Å². The molecule has 0 unspecified atom stereocenters. The van der Waals surface area contributed by atoms with E-state index in [4.69, 9.17) is 0 Å². The molecular weight excluding hydrogens is 915 g/mol. The van der Waals surface area contributed by atoms with Crippen molar-refractivity contribution < 1.29 is 26.3 Å². The van der Waals surface area contributed by atoms with Crippen LogP contribution in [0.25, 0.3) is 121 Å². The monoisotopic (exact) mass is 950 g/mol. The smallest absolute Gasteiger partial charge is 0.307 e. The molecular formula is C62H36F6N4. The Morgan fingerprint density at radius 3 is 0.986 bits per heavy atom. The van der Waals surface area contributed by atoms with Crippen LogP contribution >= 0.6 is 0 Å². The van der Waals surface area contributed by atoms with E-state index in [1.807, 2.05) is 170 Å². The molecule has 0 saturated heterocycles. The van der Waals surface area contributed by atoms with E-state index in [-0.39, 0.29) is 22.5 Å². The van der Waals surface area contributed by atoms with Crippen LogP contribution in [0.4, 0.5) is 26.3 Å². The van der Waals surface area contributed by atoms with Crippen LogP contribution < -0.4 is 0 Å². The Morgan fingerprint density at radius 2 is 0.611 bits per heavy atom. The molecule has 0 aliphatic carbocycles. The van der Waals surface area contributed by atoms with Gasteiger partial charge in [0.05, 0.1) is 61.1 Å². The van der Waals surface area contributed by atoms with Crippen LogP contribution in [0.2, 0.25) is 0 Å². The van der Waals surface area contributed by atoms with Gasteiger partial charge in [0.2, 0.25) is 0 Å². The van der Waals surface area contributed by atoms with Crippen molar-refractivity contribution in [3.8, 4) is 33.9 Å². The number of halogens is 6. The van der Waals surface area contributed by atoms with Gasteiger partial charge in [-0.15, -0.1) is 0 Å². The lowest BCUT2D eigenvalue weighted by molar-refractivity contribution is -0.138. The standard InChI is InChI=1S/C62H36F6N4/c63-61(64,65)39-17-15-16-37(34-39)38-35-54(71-52-28-13-9-24-44(52)48-32-30-46-42-22-7-11-26-50(42)69(57(46)59(48)71)40-18-3-1-4-19-40)56(62(66,67)68)55(36-38)72-53-29-14-10-25-45(53)49-33-31-47-43-23-8-12-27-51(43)70(58(47)60(49)72)41-20-5-2-6-21-41/h1-36H. The summed E-state index contributed by atoms with van der Waals surface area (Å²) in [7, 11) is 0. The first kappa shape index (κ1) is 41.9. The summed E-state index contributed by atoms with van der Waals surface area (Å²) in [5.41, 5.74) is 4.66. The molecule has 0 aliphatic rings. The van der Waals surface area contributed by atoms with Crippen LogP contribution in [0.5, 0.6) is 0 Å². The average Bonchev–Trinajstić information content (AvgIpc) is 4.13. The molecule has 0 spiro atoms. The van der Waals surface area contributed by atoms with Gasteiger partial charge in [-0.2, -0.15) is 26.3 Å². The predicted molar refractivity (Wildman–Crippen MR) is 279 cm³/mol. The van der Waals surface area contributed by atoms with E-state index in [0.717, 1.165) is 56.1 Å². The molecule has 0 radical (unpaired) electrons. The van der Waals surface area contributed by atoms with Crippen molar-refractivity contribution in [1.82, 2.24) is 18.3 Å². The Kier molecular flexibility index (Phi) is 8.87. The maximum Gasteiger partial charge on any atom is 0.420 e. The summed E-state index contributed by atoms with van der Waals surface area (Å²) in [5, 5.41) is 6.32. The normalized spacial score (nSPS) is 12.6. The zero-order valence-electron chi connectivity index (χ0n) is 37.8. The lowest BCUT2D eigenvalue weighted by atomic mass is 9.97. The minimum Gasteiger partial charge on any atom is -0.307 e. The summed E-state index contributed by atoms with van der Waals surface area (Å²) in [6.45, 7) is 0. The van der Waals surface area contributed by atoms with E-state index in [1.54, 1.807) is 21.3 Å². The zero-order chi connectivity index (χ0) is 48.6. The number of fused-ring (bicyclic) bond motifs is 14. The quantitative estimate of drug-likeness (QED) is 0.153. The second kappa shape index (κ2) is 15.2. The van der Waals surface area contributed by atoms with Crippen molar-refractivity contribution in [3.05, 3.63) is 230 Å². The summed E-state index contributed by atoms with van der Waals surface area (Å²) in [6, 6.07) is 65.7. The second-order valence-electron chi connectivity index (χ2n) is 18.3. The van der Waals surface area contributed by atoms with Gasteiger partial charge in [-0.1, -0.05) is 146 Å². The third-order valence-corrected chi connectivity index (χ3v) is 14.4. The number of nitrogens with zero attached hydrogens (tertiary/aromatic N) is 4. The predicted octanol–water partition coefficient (Wildman–Crippen LogP) is 17.8. The fraction of sp³-hybridized carbons (Fsp3) is 0.0323. The lowest BCUT2D eigenvalue weighted by Gasteiger charge is -2.24. The van der Waals surface area contributed by atoms with Crippen LogP contribution in [-0.2, 0) is 12.4 Å². The van der Waals surface area contributed by atoms with Crippen LogP contribution in [-0.4, -0.2) is 18.3 Å². The first-order valence-corrected chi connectivity index (χ1v) is 23.5. The number of aromatic nitrogens is 4. The molecule has 0 N–H and O–H groups in total. The molecule has 14 rings (SSSR count). The summed E-state index contributed by atoms with van der Waals surface area (Å²) < 4.78 is 104. The highest BCUT2D eigenvalue weighted by molar-refractivity contribution is 6.25. The van der Waals surface area contributed by atoms with Gasteiger partial charge >= 0.3 is 12.4 Å². The number of alkyl halides is 6. The molecule has 0 atom stereocenters. The fourth-order valence-electron chi connectivity index (χ4n) is 11.5. The Bertz CT molecular complexity index is 4280. The molecule has 4 nitrogen and oxygen atoms in total. The summed E-state index contributed by atoms with van der Waals surface area (Å²) in [6.07, 6.45) is -9.76. The van der Waals surface area contributed by atoms with E-state index in [9.17, 15) is 13.2 Å². The molecule has 0 bridgehead atoms. The number of benzene rings is 10. The number of para-hydroxylation sites is 6. The van der Waals surface area contributed by atoms with Crippen molar-refractivity contribution in [1.29, 1.82) is 0 Å². The summed E-state index contributed by atoms with van der Waals surface area (Å²) in [4.78, 5) is 0. The molecule has 0 saturated carbocycles. The molecule has 10 heteroatoms. The fourth-order valence-corrected chi connectivity index (χ4v) is 11.5. The Balaban J connectivity index is 1.23. The highest BCUT2D eigenvalue weighted by Crippen LogP contribution is 2.50. The van der Waals surface area contributed by atoms with E-state index in [0.29, 0.717) is 54.6 Å². The zero-order valence-corrected chi connectivity index (χ0v) is 37.8. The maximum atomic E-state index is 17.3. The van der Waals surface area contributed by atoms with Crippen LogP contribution in [0.3, 0.4) is 0 Å². The SMILES string of the molecule is FC(F)(F)c1cccc(-c2cc(-n3c4ccccc4c4ccc5c6ccccc6n(-c6ccccc6)c5c43)c(C(F)(F)F)c(-n3c4ccccc4c4ccc5c6ccccc6n(-c6ccccc6)c5c43)c2)c1. The number of hydrogen-bond donors (Lipinski definition) is 0. The van der Waals surface area contributed by atoms with Gasteiger partial charge in [-0.05, 0) is 83.9 Å². The Morgan fingerprint density at radius 1 is 0.264 bits per heavy atom. The van der Waals surface area contributed by atoms with Gasteiger partial charge in [0.25, 0.3) is 0 Å². The Labute approximate surface area is 406 Å². The minimum absolute atomic E-state index is 0.106. The largest absolute Gasteiger partial charge is 0.420 e. The average molecular weight is 951 g/mol. The third kappa shape index (κ3) is 6.01. The lowest BCUT2D eigenvalue weighted by Crippen LogP contribution is -2.16. The van der Waals surface area contributed by atoms with Gasteiger partial charge in [0.1, 0.15) is 5.56 Å². The van der Waals surface area contributed by atoms with Crippen molar-refractivity contribution in [3.63, 3.8) is 0 Å². The van der Waals surface area contributed by atoms with Gasteiger partial charge in [0.15, 0.2) is 0 Å². The molecule has 346 valence electrons. The second-order valence-corrected chi connectivity index (χ2v) is 18.3. The minimum atomic E-state index is -5.04. The van der Waals surface area contributed by atoms with Crippen molar-refractivity contribution in [2.45, 2.75) is 12.4 Å². The van der Waals surface area contributed by atoms with Gasteiger partial charge in [-0.3, -0.25) is 0 Å². The van der Waals surface area contributed by atoms with Crippen molar-refractivity contribution >= 4 is 87.2 Å². The topological polar surface area (TPSA) is 19.7 Å². The van der Waals surface area contributed by atoms with Crippen LogP contribution in [0, 0.1) is 0 Å². The molecule has 4 aromatic heterocycles. The van der Waals surface area contributed by atoms with Gasteiger partial charge < -0.3 is 18.3 Å². The maximum absolute atomic E-state index is 17.3. The van der Waals surface area contributed by atoms with Crippen LogP contribution in [0.15, 0.2) is 218 Å². The first-order valence-electron chi connectivity index (χ1n) is 23.5. The molecule has 0 amide bonds. The summed E-state index contributed by atoms with van der Waals surface area (Å²) >= 11 is 0. The summed E-state index contributed by atoms with van der Waals surface area (Å²) in [5.74, 6) is 0. The Hall–Kier alpha value is -9.02. The van der Waals surface area contributed by atoms with Crippen molar-refractivity contribution in [2.75, 3.05) is 0 Å². The first-order chi connectivity index (χ1) is 35.0. The number of rotatable bonds is 5. The molecule has 72 heavy (non-hydrogen) atoms. The molecule has 0 aliphatic heterocycles. The molecule has 14 aromatic rings. The highest BCUT2D eigenvalue weighted by Gasteiger charge is 2.40. The highest BCUT2D eigenvalue weighted by atomic mass is 19.4. The molecule has 10 aromatic carbocycles.